The zero-order valence-corrected chi connectivity index (χ0v) is 16.2. The number of benzene rings is 1. The fourth-order valence-corrected chi connectivity index (χ4v) is 3.61. The van der Waals surface area contributed by atoms with Gasteiger partial charge < -0.3 is 5.73 Å². The van der Waals surface area contributed by atoms with Gasteiger partial charge >= 0.3 is 12.1 Å². The molecule has 0 aliphatic heterocycles. The number of anilines is 1. The van der Waals surface area contributed by atoms with Crippen LogP contribution in [0.25, 0.3) is 10.7 Å². The summed E-state index contributed by atoms with van der Waals surface area (Å²) in [6.07, 6.45) is -4.53. The number of alkyl halides is 5. The predicted octanol–water partition coefficient (Wildman–Crippen LogP) is 4.87. The topological polar surface area (TPSA) is 60.9 Å². The molecule has 2 heterocycles. The van der Waals surface area contributed by atoms with Gasteiger partial charge in [0.2, 0.25) is 0 Å². The van der Waals surface area contributed by atoms with Gasteiger partial charge in [0.25, 0.3) is 5.56 Å². The molecule has 2 N–H and O–H groups in total. The molecule has 1 aromatic carbocycles. The maximum atomic E-state index is 14.0. The van der Waals surface area contributed by atoms with Crippen molar-refractivity contribution >= 4 is 17.0 Å². The number of hydrogen-bond donors (Lipinski definition) is 1. The summed E-state index contributed by atoms with van der Waals surface area (Å²) in [5, 5.41) is 1.66. The third kappa shape index (κ3) is 3.76. The molecular formula is C19H16F5N3OS. The van der Waals surface area contributed by atoms with E-state index in [0.717, 1.165) is 27.0 Å². The van der Waals surface area contributed by atoms with Crippen LogP contribution in [0.4, 0.5) is 27.6 Å². The number of nitrogen functional groups attached to an aromatic ring is 1. The third-order valence-electron chi connectivity index (χ3n) is 4.51. The molecule has 0 spiro atoms. The quantitative estimate of drug-likeness (QED) is 0.602. The first-order chi connectivity index (χ1) is 13.4. The van der Waals surface area contributed by atoms with Crippen LogP contribution in [0.3, 0.4) is 0 Å². The molecule has 0 bridgehead atoms. The summed E-state index contributed by atoms with van der Waals surface area (Å²) >= 11 is 1.01. The minimum atomic E-state index is -5.90. The van der Waals surface area contributed by atoms with Crippen LogP contribution < -0.4 is 11.3 Å². The van der Waals surface area contributed by atoms with Crippen LogP contribution in [0.15, 0.2) is 40.6 Å². The Morgan fingerprint density at radius 3 is 2.38 bits per heavy atom. The molecule has 0 fully saturated rings. The van der Waals surface area contributed by atoms with E-state index in [4.69, 9.17) is 5.73 Å². The van der Waals surface area contributed by atoms with Gasteiger partial charge in [-0.15, -0.1) is 11.3 Å². The van der Waals surface area contributed by atoms with Gasteiger partial charge in [-0.3, -0.25) is 9.36 Å². The van der Waals surface area contributed by atoms with E-state index in [2.05, 4.69) is 4.98 Å². The summed E-state index contributed by atoms with van der Waals surface area (Å²) in [7, 11) is 0. The summed E-state index contributed by atoms with van der Waals surface area (Å²) < 4.78 is 67.9. The highest BCUT2D eigenvalue weighted by Crippen LogP contribution is 2.46. The number of aryl methyl sites for hydroxylation is 2. The molecule has 0 radical (unpaired) electrons. The number of halogens is 5. The molecule has 2 aromatic heterocycles. The number of hydrogen-bond acceptors (Lipinski definition) is 4. The Morgan fingerprint density at radius 2 is 1.83 bits per heavy atom. The smallest absolute Gasteiger partial charge is 0.394 e. The van der Waals surface area contributed by atoms with Gasteiger partial charge in [0.1, 0.15) is 10.7 Å². The fraction of sp³-hybridized carbons (Fsp3) is 0.263. The number of rotatable bonds is 4. The Balaban J connectivity index is 2.26. The molecule has 0 unspecified atom stereocenters. The van der Waals surface area contributed by atoms with E-state index in [1.54, 1.807) is 6.07 Å². The van der Waals surface area contributed by atoms with E-state index in [9.17, 15) is 26.7 Å². The van der Waals surface area contributed by atoms with Crippen LogP contribution in [0, 0.1) is 13.8 Å². The van der Waals surface area contributed by atoms with Gasteiger partial charge in [0.05, 0.1) is 17.8 Å². The van der Waals surface area contributed by atoms with Crippen LogP contribution in [0.5, 0.6) is 0 Å². The van der Waals surface area contributed by atoms with E-state index in [1.807, 2.05) is 26.0 Å². The normalized spacial score (nSPS) is 12.4. The minimum Gasteiger partial charge on any atom is -0.394 e. The monoisotopic (exact) mass is 429 g/mol. The second-order valence-corrected chi connectivity index (χ2v) is 7.48. The van der Waals surface area contributed by atoms with Gasteiger partial charge in [-0.05, 0) is 31.0 Å². The Morgan fingerprint density at radius 1 is 1.14 bits per heavy atom. The molecule has 0 saturated carbocycles. The Labute approximate surface area is 166 Å². The Hall–Kier alpha value is -2.75. The molecule has 0 atom stereocenters. The first kappa shape index (κ1) is 21.0. The van der Waals surface area contributed by atoms with Crippen LogP contribution in [-0.4, -0.2) is 15.7 Å². The van der Waals surface area contributed by atoms with Crippen molar-refractivity contribution < 1.29 is 22.0 Å². The largest absolute Gasteiger partial charge is 0.458 e. The summed E-state index contributed by atoms with van der Waals surface area (Å²) in [5.74, 6) is -5.28. The van der Waals surface area contributed by atoms with E-state index < -0.39 is 28.9 Å². The average Bonchev–Trinajstić information content (AvgIpc) is 3.14. The van der Waals surface area contributed by atoms with Gasteiger partial charge in [-0.2, -0.15) is 22.0 Å². The van der Waals surface area contributed by atoms with Gasteiger partial charge in [0.15, 0.2) is 0 Å². The third-order valence-corrected chi connectivity index (χ3v) is 5.31. The average molecular weight is 429 g/mol. The molecule has 4 nitrogen and oxygen atoms in total. The van der Waals surface area contributed by atoms with E-state index in [-0.39, 0.29) is 17.2 Å². The number of nitrogens with two attached hydrogens (primary N) is 1. The molecule has 3 rings (SSSR count). The zero-order chi connectivity index (χ0) is 21.6. The van der Waals surface area contributed by atoms with Crippen molar-refractivity contribution in [1.82, 2.24) is 9.55 Å². The minimum absolute atomic E-state index is 0.0536. The standard InChI is InChI=1S/C19H16F5N3OS/c1-10-3-4-12(11(2)7-10)9-27-14(16-26-5-6-29-16)8-13(15(25)17(27)28)18(20,21)19(22,23)24/h3-8H,9,25H2,1-2H3. The Bertz CT molecular complexity index is 1100. The molecule has 0 amide bonds. The highest BCUT2D eigenvalue weighted by atomic mass is 32.1. The molecule has 3 aromatic rings. The second kappa shape index (κ2) is 7.25. The van der Waals surface area contributed by atoms with E-state index >= 15 is 0 Å². The fourth-order valence-electron chi connectivity index (χ4n) is 2.95. The second-order valence-electron chi connectivity index (χ2n) is 6.59. The number of pyridine rings is 1. The highest BCUT2D eigenvalue weighted by molar-refractivity contribution is 7.13. The van der Waals surface area contributed by atoms with E-state index in [0.29, 0.717) is 11.6 Å². The maximum Gasteiger partial charge on any atom is 0.458 e. The van der Waals surface area contributed by atoms with Crippen LogP contribution in [-0.2, 0) is 12.5 Å². The lowest BCUT2D eigenvalue weighted by atomic mass is 10.0. The molecule has 154 valence electrons. The van der Waals surface area contributed by atoms with Gasteiger partial charge in [0, 0.05) is 11.6 Å². The summed E-state index contributed by atoms with van der Waals surface area (Å²) in [6.45, 7) is 3.64. The van der Waals surface area contributed by atoms with Crippen molar-refractivity contribution in [2.24, 2.45) is 0 Å². The lowest BCUT2D eigenvalue weighted by Crippen LogP contribution is -2.37. The van der Waals surface area contributed by atoms with Crippen molar-refractivity contribution in [3.05, 3.63) is 68.4 Å². The first-order valence-electron chi connectivity index (χ1n) is 8.38. The summed E-state index contributed by atoms with van der Waals surface area (Å²) in [4.78, 5) is 16.7. The SMILES string of the molecule is Cc1ccc(Cn2c(-c3nccs3)cc(C(F)(F)C(F)(F)F)c(N)c2=O)c(C)c1. The number of nitrogens with zero attached hydrogens (tertiary/aromatic N) is 2. The summed E-state index contributed by atoms with van der Waals surface area (Å²) in [5.41, 5.74) is 4.00. The zero-order valence-electron chi connectivity index (χ0n) is 15.3. The highest BCUT2D eigenvalue weighted by Gasteiger charge is 2.60. The molecule has 29 heavy (non-hydrogen) atoms. The predicted molar refractivity (Wildman–Crippen MR) is 101 cm³/mol. The van der Waals surface area contributed by atoms with Gasteiger partial charge in [-0.25, -0.2) is 4.98 Å². The number of thiazole rings is 1. The van der Waals surface area contributed by atoms with Crippen molar-refractivity contribution in [1.29, 1.82) is 0 Å². The van der Waals surface area contributed by atoms with Crippen molar-refractivity contribution in [2.75, 3.05) is 5.73 Å². The molecular weight excluding hydrogens is 413 g/mol. The molecule has 0 saturated heterocycles. The van der Waals surface area contributed by atoms with Gasteiger partial charge in [-0.1, -0.05) is 23.8 Å². The van der Waals surface area contributed by atoms with Crippen LogP contribution in [0.2, 0.25) is 0 Å². The van der Waals surface area contributed by atoms with Crippen molar-refractivity contribution in [3.63, 3.8) is 0 Å². The van der Waals surface area contributed by atoms with Crippen LogP contribution in [0.1, 0.15) is 22.3 Å². The number of aromatic nitrogens is 2. The molecule has 10 heteroatoms. The van der Waals surface area contributed by atoms with Crippen molar-refractivity contribution in [2.45, 2.75) is 32.5 Å². The molecule has 0 aliphatic carbocycles. The maximum absolute atomic E-state index is 14.0. The molecule has 0 aliphatic rings. The summed E-state index contributed by atoms with van der Waals surface area (Å²) in [6, 6.07) is 6.05. The Kier molecular flexibility index (Phi) is 5.24. The lowest BCUT2D eigenvalue weighted by Gasteiger charge is -2.23. The first-order valence-corrected chi connectivity index (χ1v) is 9.25. The van der Waals surface area contributed by atoms with Crippen molar-refractivity contribution in [3.8, 4) is 10.7 Å². The van der Waals surface area contributed by atoms with Crippen LogP contribution >= 0.6 is 11.3 Å². The van der Waals surface area contributed by atoms with E-state index in [1.165, 1.54) is 11.6 Å². The lowest BCUT2D eigenvalue weighted by molar-refractivity contribution is -0.289.